The molecule has 2 N–H and O–H groups in total. The molecule has 2 rings (SSSR count). The molecule has 2 nitrogen and oxygen atoms in total. The zero-order chi connectivity index (χ0) is 8.39. The number of thiophene rings is 1. The van der Waals surface area contributed by atoms with Gasteiger partial charge in [0.15, 0.2) is 0 Å². The Hall–Kier alpha value is -1.35. The summed E-state index contributed by atoms with van der Waals surface area (Å²) >= 11 is 1.55. The largest absolute Gasteiger partial charge is 0.383 e. The van der Waals surface area contributed by atoms with Crippen LogP contribution in [0.2, 0.25) is 0 Å². The van der Waals surface area contributed by atoms with Gasteiger partial charge >= 0.3 is 0 Å². The first kappa shape index (κ1) is 7.31. The first-order valence-electron chi connectivity index (χ1n) is 3.54. The van der Waals surface area contributed by atoms with Crippen molar-refractivity contribution in [2.24, 2.45) is 0 Å². The first-order chi connectivity index (χ1) is 5.88. The maximum Gasteiger partial charge on any atom is 0.132 e. The predicted molar refractivity (Wildman–Crippen MR) is 50.8 cm³/mol. The van der Waals surface area contributed by atoms with Gasteiger partial charge in [-0.3, -0.25) is 0 Å². The number of hydrogen-bond donors (Lipinski definition) is 1. The topological polar surface area (TPSA) is 38.9 Å². The van der Waals surface area contributed by atoms with Gasteiger partial charge in [-0.2, -0.15) is 0 Å². The number of nitrogens with zero attached hydrogens (tertiary/aromatic N) is 1. The lowest BCUT2D eigenvalue weighted by Crippen LogP contribution is -1.91. The number of hydrogen-bond acceptors (Lipinski definition) is 3. The Morgan fingerprint density at radius 2 is 2.33 bits per heavy atom. The minimum absolute atomic E-state index is 0.577. The van der Waals surface area contributed by atoms with Crippen LogP contribution in [-0.2, 0) is 0 Å². The Morgan fingerprint density at radius 1 is 1.42 bits per heavy atom. The molecule has 0 aromatic carbocycles. The van der Waals surface area contributed by atoms with Crippen LogP contribution in [0.1, 0.15) is 0 Å². The number of aromatic nitrogens is 1. The Morgan fingerprint density at radius 3 is 3.00 bits per heavy atom. The molecule has 0 spiro atoms. The lowest BCUT2D eigenvalue weighted by atomic mass is 10.2. The molecule has 3 heteroatoms. The first-order valence-corrected chi connectivity index (χ1v) is 4.36. The number of pyridine rings is 1. The Bertz CT molecular complexity index is 368. The Kier molecular flexibility index (Phi) is 1.80. The van der Waals surface area contributed by atoms with Gasteiger partial charge in [0.05, 0.1) is 0 Å². The SMILES string of the molecule is Nc1ncccc1-c1cc[c]s1. The van der Waals surface area contributed by atoms with Crippen molar-refractivity contribution < 1.29 is 0 Å². The maximum absolute atomic E-state index is 5.69. The predicted octanol–water partition coefficient (Wildman–Crippen LogP) is 2.19. The molecule has 0 atom stereocenters. The van der Waals surface area contributed by atoms with E-state index in [0.717, 1.165) is 10.4 Å². The van der Waals surface area contributed by atoms with E-state index in [1.165, 1.54) is 0 Å². The van der Waals surface area contributed by atoms with Gasteiger partial charge in [0.2, 0.25) is 0 Å². The fraction of sp³-hybridized carbons (Fsp3) is 0. The summed E-state index contributed by atoms with van der Waals surface area (Å²) in [6, 6.07) is 7.71. The van der Waals surface area contributed by atoms with Crippen molar-refractivity contribution in [1.29, 1.82) is 0 Å². The van der Waals surface area contributed by atoms with Crippen molar-refractivity contribution in [3.8, 4) is 10.4 Å². The van der Waals surface area contributed by atoms with Crippen LogP contribution in [0, 0.1) is 5.38 Å². The Labute approximate surface area is 74.7 Å². The van der Waals surface area contributed by atoms with Crippen molar-refractivity contribution in [2.45, 2.75) is 0 Å². The maximum atomic E-state index is 5.69. The third kappa shape index (κ3) is 1.19. The number of nitrogen functional groups attached to an aromatic ring is 1. The van der Waals surface area contributed by atoms with Crippen LogP contribution in [-0.4, -0.2) is 4.98 Å². The van der Waals surface area contributed by atoms with E-state index < -0.39 is 0 Å². The van der Waals surface area contributed by atoms with E-state index in [1.807, 2.05) is 24.3 Å². The molecule has 0 bridgehead atoms. The molecule has 0 aliphatic heterocycles. The third-order valence-corrected chi connectivity index (χ3v) is 2.41. The molecule has 2 aromatic rings. The molecule has 0 unspecified atom stereocenters. The summed E-state index contributed by atoms with van der Waals surface area (Å²) in [6.07, 6.45) is 1.69. The fourth-order valence-electron chi connectivity index (χ4n) is 1.01. The minimum atomic E-state index is 0.577. The van der Waals surface area contributed by atoms with Gasteiger partial charge in [0.25, 0.3) is 0 Å². The van der Waals surface area contributed by atoms with Crippen molar-refractivity contribution in [3.63, 3.8) is 0 Å². The number of nitrogens with two attached hydrogens (primary N) is 1. The molecule has 0 fully saturated rings. The van der Waals surface area contributed by atoms with E-state index in [1.54, 1.807) is 17.5 Å². The smallest absolute Gasteiger partial charge is 0.132 e. The van der Waals surface area contributed by atoms with Crippen LogP contribution in [0.15, 0.2) is 30.5 Å². The lowest BCUT2D eigenvalue weighted by Gasteiger charge is -1.99. The summed E-state index contributed by atoms with van der Waals surface area (Å²) in [5.74, 6) is 0.577. The van der Waals surface area contributed by atoms with E-state index in [2.05, 4.69) is 10.4 Å². The van der Waals surface area contributed by atoms with E-state index in [-0.39, 0.29) is 0 Å². The highest BCUT2D eigenvalue weighted by Crippen LogP contribution is 2.27. The number of rotatable bonds is 1. The van der Waals surface area contributed by atoms with Crippen LogP contribution in [0.5, 0.6) is 0 Å². The summed E-state index contributed by atoms with van der Waals surface area (Å²) < 4.78 is 0. The highest BCUT2D eigenvalue weighted by Gasteiger charge is 2.01. The molecular formula is C9H7N2S. The van der Waals surface area contributed by atoms with Gasteiger partial charge in [-0.05, 0) is 24.3 Å². The average Bonchev–Trinajstić information content (AvgIpc) is 2.57. The highest BCUT2D eigenvalue weighted by atomic mass is 32.1. The summed E-state index contributed by atoms with van der Waals surface area (Å²) in [6.45, 7) is 0. The Balaban J connectivity index is 2.55. The molecular weight excluding hydrogens is 168 g/mol. The second-order valence-electron chi connectivity index (χ2n) is 2.35. The molecule has 59 valence electrons. The van der Waals surface area contributed by atoms with Crippen LogP contribution in [0.4, 0.5) is 5.82 Å². The van der Waals surface area contributed by atoms with Gasteiger partial charge in [0, 0.05) is 22.0 Å². The molecule has 12 heavy (non-hydrogen) atoms. The van der Waals surface area contributed by atoms with Gasteiger partial charge in [-0.1, -0.05) is 0 Å². The summed E-state index contributed by atoms with van der Waals surface area (Å²) in [4.78, 5) is 5.12. The lowest BCUT2D eigenvalue weighted by molar-refractivity contribution is 1.34. The molecule has 0 saturated carbocycles. The van der Waals surface area contributed by atoms with E-state index >= 15 is 0 Å². The zero-order valence-electron chi connectivity index (χ0n) is 6.32. The standard InChI is InChI=1S/C9H7N2S/c10-9-7(3-1-5-11-9)8-4-2-6-12-8/h1-5H,(H2,10,11). The van der Waals surface area contributed by atoms with Crippen LogP contribution in [0.25, 0.3) is 10.4 Å². The van der Waals surface area contributed by atoms with Crippen LogP contribution >= 0.6 is 11.3 Å². The monoisotopic (exact) mass is 175 g/mol. The minimum Gasteiger partial charge on any atom is -0.383 e. The van der Waals surface area contributed by atoms with Crippen molar-refractivity contribution >= 4 is 17.2 Å². The molecule has 0 saturated heterocycles. The van der Waals surface area contributed by atoms with Crippen molar-refractivity contribution in [1.82, 2.24) is 4.98 Å². The zero-order valence-corrected chi connectivity index (χ0v) is 7.14. The van der Waals surface area contributed by atoms with E-state index in [0.29, 0.717) is 5.82 Å². The normalized spacial score (nSPS) is 10.0. The van der Waals surface area contributed by atoms with E-state index in [9.17, 15) is 0 Å². The van der Waals surface area contributed by atoms with Crippen LogP contribution in [0.3, 0.4) is 0 Å². The van der Waals surface area contributed by atoms with Crippen molar-refractivity contribution in [3.05, 3.63) is 35.8 Å². The third-order valence-electron chi connectivity index (χ3n) is 1.58. The van der Waals surface area contributed by atoms with Gasteiger partial charge in [-0.25, -0.2) is 4.98 Å². The van der Waals surface area contributed by atoms with Gasteiger partial charge < -0.3 is 5.73 Å². The summed E-state index contributed by atoms with van der Waals surface area (Å²) in [5, 5.41) is 3.01. The summed E-state index contributed by atoms with van der Waals surface area (Å²) in [5.41, 5.74) is 6.68. The second kappa shape index (κ2) is 2.95. The van der Waals surface area contributed by atoms with Crippen molar-refractivity contribution in [2.75, 3.05) is 5.73 Å². The van der Waals surface area contributed by atoms with Gasteiger partial charge in [-0.15, -0.1) is 11.3 Å². The summed E-state index contributed by atoms with van der Waals surface area (Å²) in [7, 11) is 0. The second-order valence-corrected chi connectivity index (χ2v) is 3.23. The quantitative estimate of drug-likeness (QED) is 0.721. The molecule has 0 aliphatic carbocycles. The van der Waals surface area contributed by atoms with E-state index in [4.69, 9.17) is 5.73 Å². The molecule has 0 amide bonds. The molecule has 1 radical (unpaired) electrons. The molecule has 0 aliphatic rings. The molecule has 2 aromatic heterocycles. The van der Waals surface area contributed by atoms with Crippen LogP contribution < -0.4 is 5.73 Å². The highest BCUT2D eigenvalue weighted by molar-refractivity contribution is 7.13. The molecule has 2 heterocycles. The average molecular weight is 175 g/mol. The fourth-order valence-corrected chi connectivity index (χ4v) is 1.69. The number of anilines is 1. The van der Waals surface area contributed by atoms with Gasteiger partial charge in [0.1, 0.15) is 5.82 Å².